The molecule has 0 fully saturated rings. The molecule has 0 unspecified atom stereocenters. The molecule has 3 rings (SSSR count). The van der Waals surface area contributed by atoms with Crippen LogP contribution < -0.4 is 11.5 Å². The van der Waals surface area contributed by atoms with E-state index in [0.717, 1.165) is 0 Å². The van der Waals surface area contributed by atoms with Crippen molar-refractivity contribution in [2.24, 2.45) is 0 Å². The Morgan fingerprint density at radius 3 is 2.44 bits per heavy atom. The summed E-state index contributed by atoms with van der Waals surface area (Å²) in [4.78, 5) is 16.2. The minimum Gasteiger partial charge on any atom is -0.748 e. The van der Waals surface area contributed by atoms with Crippen molar-refractivity contribution in [3.05, 3.63) is 65.4 Å². The van der Waals surface area contributed by atoms with Crippen LogP contribution in [0.4, 0.5) is 10.2 Å². The van der Waals surface area contributed by atoms with Crippen LogP contribution in [0.1, 0.15) is 37.8 Å². The monoisotopic (exact) mass is 464 g/mol. The third kappa shape index (κ3) is 6.67. The van der Waals surface area contributed by atoms with Crippen molar-refractivity contribution in [3.8, 4) is 11.1 Å². The van der Waals surface area contributed by atoms with Crippen molar-refractivity contribution in [2.75, 3.05) is 5.32 Å². The highest BCUT2D eigenvalue weighted by Gasteiger charge is 2.20. The molecule has 3 aromatic rings. The van der Waals surface area contributed by atoms with E-state index < -0.39 is 21.7 Å². The molecular formula is C21H25FN4O5S. The number of halogens is 1. The van der Waals surface area contributed by atoms with Gasteiger partial charge < -0.3 is 20.5 Å². The Morgan fingerprint density at radius 1 is 1.19 bits per heavy atom. The Hall–Kier alpha value is -3.15. The zero-order valence-corrected chi connectivity index (χ0v) is 19.0. The quantitative estimate of drug-likeness (QED) is 0.524. The molecule has 0 saturated carbocycles. The zero-order valence-electron chi connectivity index (χ0n) is 18.2. The Labute approximate surface area is 185 Å². The van der Waals surface area contributed by atoms with E-state index in [4.69, 9.17) is 4.52 Å². The summed E-state index contributed by atoms with van der Waals surface area (Å²) < 4.78 is 52.2. The van der Waals surface area contributed by atoms with Gasteiger partial charge in [0.15, 0.2) is 5.82 Å². The van der Waals surface area contributed by atoms with Crippen LogP contribution in [-0.4, -0.2) is 29.0 Å². The van der Waals surface area contributed by atoms with Crippen LogP contribution in [0.25, 0.3) is 11.1 Å². The van der Waals surface area contributed by atoms with Gasteiger partial charge in [-0.25, -0.2) is 12.8 Å². The van der Waals surface area contributed by atoms with Gasteiger partial charge in [0.05, 0.1) is 17.9 Å². The van der Waals surface area contributed by atoms with Gasteiger partial charge in [-0.3, -0.25) is 9.78 Å². The van der Waals surface area contributed by atoms with Crippen LogP contribution in [0.2, 0.25) is 0 Å². The van der Waals surface area contributed by atoms with Gasteiger partial charge >= 0.3 is 0 Å². The average Bonchev–Trinajstić information content (AvgIpc) is 3.10. The van der Waals surface area contributed by atoms with E-state index in [0.29, 0.717) is 22.7 Å². The summed E-state index contributed by atoms with van der Waals surface area (Å²) in [6, 6.07) is 8.85. The fourth-order valence-corrected chi connectivity index (χ4v) is 3.35. The number of rotatable bonds is 6. The summed E-state index contributed by atoms with van der Waals surface area (Å²) in [5.74, 6) is -0.741. The predicted molar refractivity (Wildman–Crippen MR) is 117 cm³/mol. The fraction of sp³-hybridized carbons (Fsp3) is 0.286. The lowest BCUT2D eigenvalue weighted by molar-refractivity contribution is -0.115. The number of aromatic nitrogens is 2. The van der Waals surface area contributed by atoms with Gasteiger partial charge in [-0.1, -0.05) is 44.1 Å². The molecule has 0 spiro atoms. The second-order valence-electron chi connectivity index (χ2n) is 8.11. The maximum absolute atomic E-state index is 14.6. The normalized spacial score (nSPS) is 11.7. The molecule has 0 radical (unpaired) electrons. The molecule has 0 saturated heterocycles. The summed E-state index contributed by atoms with van der Waals surface area (Å²) in [7, 11) is -4.44. The largest absolute Gasteiger partial charge is 0.748 e. The molecule has 0 aliphatic carbocycles. The van der Waals surface area contributed by atoms with Crippen molar-refractivity contribution in [2.45, 2.75) is 38.4 Å². The topological polar surface area (TPSA) is 162 Å². The van der Waals surface area contributed by atoms with E-state index in [1.165, 1.54) is 30.5 Å². The third-order valence-electron chi connectivity index (χ3n) is 4.38. The predicted octanol–water partition coefficient (Wildman–Crippen LogP) is 3.78. The van der Waals surface area contributed by atoms with E-state index in [2.05, 4.69) is 15.5 Å². The fourth-order valence-electron chi connectivity index (χ4n) is 2.81. The number of amides is 1. The summed E-state index contributed by atoms with van der Waals surface area (Å²) >= 11 is 0. The van der Waals surface area contributed by atoms with Gasteiger partial charge in [-0.15, -0.1) is 0 Å². The first-order valence-corrected chi connectivity index (χ1v) is 10.9. The Balaban J connectivity index is 0.00000363. The first-order chi connectivity index (χ1) is 14.4. The number of hydrogen-bond donors (Lipinski definition) is 2. The molecule has 0 aliphatic heterocycles. The van der Waals surface area contributed by atoms with Gasteiger partial charge in [0.25, 0.3) is 0 Å². The molecule has 0 aliphatic rings. The zero-order chi connectivity index (χ0) is 22.8. The molecule has 11 heteroatoms. The summed E-state index contributed by atoms with van der Waals surface area (Å²) in [6.07, 6.45) is 1.23. The molecule has 2 heterocycles. The van der Waals surface area contributed by atoms with Crippen LogP contribution in [0.3, 0.4) is 0 Å². The lowest BCUT2D eigenvalue weighted by Gasteiger charge is -2.12. The molecule has 0 atom stereocenters. The van der Waals surface area contributed by atoms with Crippen LogP contribution in [0.15, 0.2) is 47.1 Å². The van der Waals surface area contributed by atoms with E-state index in [1.54, 1.807) is 12.1 Å². The molecular weight excluding hydrogens is 439 g/mol. The number of anilines is 1. The van der Waals surface area contributed by atoms with Gasteiger partial charge in [0, 0.05) is 28.8 Å². The molecule has 1 amide bonds. The molecule has 1 aromatic carbocycles. The number of benzene rings is 1. The molecule has 32 heavy (non-hydrogen) atoms. The van der Waals surface area contributed by atoms with Crippen LogP contribution >= 0.6 is 0 Å². The van der Waals surface area contributed by atoms with Crippen LogP contribution in [-0.2, 0) is 32.5 Å². The maximum atomic E-state index is 14.6. The van der Waals surface area contributed by atoms with E-state index in [9.17, 15) is 22.2 Å². The van der Waals surface area contributed by atoms with Crippen molar-refractivity contribution in [3.63, 3.8) is 0 Å². The number of quaternary nitrogens is 1. The highest BCUT2D eigenvalue weighted by molar-refractivity contribution is 7.84. The van der Waals surface area contributed by atoms with Crippen molar-refractivity contribution < 1.29 is 26.7 Å². The van der Waals surface area contributed by atoms with Crippen LogP contribution in [0.5, 0.6) is 0 Å². The number of nitrogens with zero attached hydrogens (tertiary/aromatic N) is 2. The van der Waals surface area contributed by atoms with Gasteiger partial charge in [0.2, 0.25) is 5.91 Å². The smallest absolute Gasteiger partial charge is 0.230 e. The lowest BCUT2D eigenvalue weighted by atomic mass is 9.93. The second-order valence-corrected chi connectivity index (χ2v) is 9.51. The van der Waals surface area contributed by atoms with Crippen molar-refractivity contribution in [1.29, 1.82) is 0 Å². The average molecular weight is 465 g/mol. The minimum atomic E-state index is -4.44. The number of pyridine rings is 1. The minimum absolute atomic E-state index is 0. The van der Waals surface area contributed by atoms with E-state index >= 15 is 0 Å². The molecule has 172 valence electrons. The van der Waals surface area contributed by atoms with Crippen molar-refractivity contribution in [1.82, 2.24) is 16.3 Å². The van der Waals surface area contributed by atoms with Gasteiger partial charge in [-0.05, 0) is 17.7 Å². The standard InChI is InChI=1S/C21H22FN3O5S.H3N/c1-21(2,3)18-10-19(25-30-18)24-20(26)9-13-4-7-16(17(22)8-13)14-5-6-15(23-11-14)12-31(27,28)29;/h4-8,10-11H,9,12H2,1-3H3,(H,24,25,26)(H,27,28,29);1H3. The number of carbonyl (C=O) groups is 1. The summed E-state index contributed by atoms with van der Waals surface area (Å²) in [6.45, 7) is 5.87. The highest BCUT2D eigenvalue weighted by atomic mass is 32.2. The first kappa shape index (κ1) is 25.1. The lowest BCUT2D eigenvalue weighted by Crippen LogP contribution is -2.15. The molecule has 5 N–H and O–H groups in total. The maximum Gasteiger partial charge on any atom is 0.230 e. The first-order valence-electron chi connectivity index (χ1n) is 9.35. The summed E-state index contributed by atoms with van der Waals surface area (Å²) in [5, 5.41) is 6.44. The SMILES string of the molecule is CC(C)(C)c1cc(NC(=O)Cc2ccc(-c3ccc(CS(=O)(=O)[O-])nc3)c(F)c2)no1.[NH4+]. The molecule has 9 nitrogen and oxygen atoms in total. The second kappa shape index (κ2) is 9.55. The molecule has 2 aromatic heterocycles. The van der Waals surface area contributed by atoms with Gasteiger partial charge in [-0.2, -0.15) is 0 Å². The number of nitrogens with one attached hydrogen (secondary N) is 1. The highest BCUT2D eigenvalue weighted by Crippen LogP contribution is 2.25. The Morgan fingerprint density at radius 2 is 1.91 bits per heavy atom. The Bertz CT molecular complexity index is 1200. The number of hydrogen-bond acceptors (Lipinski definition) is 7. The number of carbonyl (C=O) groups excluding carboxylic acids is 1. The van der Waals surface area contributed by atoms with Gasteiger partial charge in [0.1, 0.15) is 21.7 Å². The van der Waals surface area contributed by atoms with Crippen LogP contribution in [0, 0.1) is 5.82 Å². The van der Waals surface area contributed by atoms with E-state index in [1.807, 2.05) is 20.8 Å². The molecule has 0 bridgehead atoms. The third-order valence-corrected chi connectivity index (χ3v) is 5.02. The van der Waals surface area contributed by atoms with E-state index in [-0.39, 0.29) is 35.2 Å². The summed E-state index contributed by atoms with van der Waals surface area (Å²) in [5.41, 5.74) is 0.943. The Kier molecular flexibility index (Phi) is 7.50. The van der Waals surface area contributed by atoms with Crippen molar-refractivity contribution >= 4 is 21.8 Å².